The van der Waals surface area contributed by atoms with Crippen molar-refractivity contribution >= 4 is 11.3 Å². The Labute approximate surface area is 124 Å². The van der Waals surface area contributed by atoms with E-state index in [-0.39, 0.29) is 6.10 Å². The van der Waals surface area contributed by atoms with Gasteiger partial charge < -0.3 is 9.84 Å². The van der Waals surface area contributed by atoms with Gasteiger partial charge in [-0.25, -0.2) is 4.98 Å². The molecular weight excluding hydrogens is 270 g/mol. The Kier molecular flexibility index (Phi) is 5.56. The molecular formula is C16H21NO2S. The van der Waals surface area contributed by atoms with Crippen molar-refractivity contribution in [1.29, 1.82) is 0 Å². The maximum Gasteiger partial charge on any atom is 0.119 e. The number of thiazole rings is 1. The summed E-state index contributed by atoms with van der Waals surface area (Å²) in [5.74, 6) is 0.896. The Bertz CT molecular complexity index is 520. The fourth-order valence-corrected chi connectivity index (χ4v) is 2.72. The molecule has 1 heterocycles. The number of ether oxygens (including phenoxy) is 1. The average Bonchev–Trinajstić information content (AvgIpc) is 2.83. The van der Waals surface area contributed by atoms with Crippen molar-refractivity contribution in [1.82, 2.24) is 4.98 Å². The number of aromatic nitrogens is 1. The minimum absolute atomic E-state index is 0.242. The Balaban J connectivity index is 1.77. The summed E-state index contributed by atoms with van der Waals surface area (Å²) >= 11 is 1.68. The zero-order valence-corrected chi connectivity index (χ0v) is 12.8. The minimum atomic E-state index is -0.242. The fraction of sp³-hybridized carbons (Fsp3) is 0.438. The number of aliphatic hydroxyl groups excluding tert-OH is 1. The molecule has 0 saturated heterocycles. The van der Waals surface area contributed by atoms with Crippen molar-refractivity contribution in [2.24, 2.45) is 0 Å². The molecule has 0 amide bonds. The van der Waals surface area contributed by atoms with Crippen LogP contribution < -0.4 is 4.74 Å². The number of aliphatic hydroxyl groups is 1. The topological polar surface area (TPSA) is 42.4 Å². The first-order valence-electron chi connectivity index (χ1n) is 6.94. The lowest BCUT2D eigenvalue weighted by Crippen LogP contribution is -2.02. The minimum Gasteiger partial charge on any atom is -0.493 e. The smallest absolute Gasteiger partial charge is 0.119 e. The van der Waals surface area contributed by atoms with Gasteiger partial charge in [-0.15, -0.1) is 11.3 Å². The van der Waals surface area contributed by atoms with E-state index in [0.29, 0.717) is 6.61 Å². The molecule has 1 aromatic carbocycles. The van der Waals surface area contributed by atoms with Crippen LogP contribution in [0.1, 0.15) is 29.5 Å². The first-order valence-corrected chi connectivity index (χ1v) is 7.82. The SMILES string of the molecule is Cc1ncsc1CCOc1ccc(CCC(C)O)cc1. The molecule has 108 valence electrons. The zero-order chi connectivity index (χ0) is 14.4. The Hall–Kier alpha value is -1.39. The first-order chi connectivity index (χ1) is 9.65. The van der Waals surface area contributed by atoms with Gasteiger partial charge in [0.05, 0.1) is 23.9 Å². The monoisotopic (exact) mass is 291 g/mol. The van der Waals surface area contributed by atoms with Crippen LogP contribution in [0.25, 0.3) is 0 Å². The Morgan fingerprint density at radius 3 is 2.60 bits per heavy atom. The van der Waals surface area contributed by atoms with Crippen LogP contribution in [-0.4, -0.2) is 22.8 Å². The van der Waals surface area contributed by atoms with Crippen molar-refractivity contribution in [3.8, 4) is 5.75 Å². The molecule has 0 fully saturated rings. The summed E-state index contributed by atoms with van der Waals surface area (Å²) in [4.78, 5) is 5.52. The third-order valence-corrected chi connectivity index (χ3v) is 4.21. The lowest BCUT2D eigenvalue weighted by molar-refractivity contribution is 0.185. The number of benzene rings is 1. The molecule has 0 radical (unpaired) electrons. The first kappa shape index (κ1) is 15.0. The molecule has 4 heteroatoms. The number of hydrogen-bond acceptors (Lipinski definition) is 4. The van der Waals surface area contributed by atoms with Gasteiger partial charge in [0, 0.05) is 11.3 Å². The predicted octanol–water partition coefficient (Wildman–Crippen LogP) is 3.39. The molecule has 1 N–H and O–H groups in total. The zero-order valence-electron chi connectivity index (χ0n) is 12.0. The summed E-state index contributed by atoms with van der Waals surface area (Å²) in [6, 6.07) is 8.12. The molecule has 0 spiro atoms. The van der Waals surface area contributed by atoms with Gasteiger partial charge in [-0.2, -0.15) is 0 Å². The van der Waals surface area contributed by atoms with Crippen molar-refractivity contribution in [2.75, 3.05) is 6.61 Å². The van der Waals surface area contributed by atoms with Crippen molar-refractivity contribution in [3.05, 3.63) is 45.9 Å². The standard InChI is InChI=1S/C16H21NO2S/c1-12(18)3-4-14-5-7-15(8-6-14)19-10-9-16-13(2)17-11-20-16/h5-8,11-12,18H,3-4,9-10H2,1-2H3. The van der Waals surface area contributed by atoms with E-state index in [1.54, 1.807) is 11.3 Å². The number of hydrogen-bond donors (Lipinski definition) is 1. The summed E-state index contributed by atoms with van der Waals surface area (Å²) in [5, 5.41) is 9.27. The van der Waals surface area contributed by atoms with Gasteiger partial charge in [0.1, 0.15) is 5.75 Å². The van der Waals surface area contributed by atoms with Crippen molar-refractivity contribution in [3.63, 3.8) is 0 Å². The van der Waals surface area contributed by atoms with Crippen LogP contribution in [0, 0.1) is 6.92 Å². The van der Waals surface area contributed by atoms with Gasteiger partial charge in [0.2, 0.25) is 0 Å². The quantitative estimate of drug-likeness (QED) is 0.850. The van der Waals surface area contributed by atoms with E-state index in [1.807, 2.05) is 31.5 Å². The Morgan fingerprint density at radius 1 is 1.25 bits per heavy atom. The average molecular weight is 291 g/mol. The van der Waals surface area contributed by atoms with Crippen LogP contribution in [0.2, 0.25) is 0 Å². The van der Waals surface area contributed by atoms with E-state index in [4.69, 9.17) is 4.74 Å². The van der Waals surface area contributed by atoms with Crippen LogP contribution in [0.4, 0.5) is 0 Å². The highest BCUT2D eigenvalue weighted by Gasteiger charge is 2.02. The summed E-state index contributed by atoms with van der Waals surface area (Å²) in [5.41, 5.74) is 4.21. The van der Waals surface area contributed by atoms with E-state index in [2.05, 4.69) is 17.1 Å². The van der Waals surface area contributed by atoms with Crippen molar-refractivity contribution < 1.29 is 9.84 Å². The largest absolute Gasteiger partial charge is 0.493 e. The molecule has 0 aliphatic heterocycles. The fourth-order valence-electron chi connectivity index (χ4n) is 1.96. The second-order valence-electron chi connectivity index (χ2n) is 4.99. The molecule has 1 atom stereocenters. The van der Waals surface area contributed by atoms with E-state index in [1.165, 1.54) is 10.4 Å². The van der Waals surface area contributed by atoms with Crippen LogP contribution in [0.15, 0.2) is 29.8 Å². The summed E-state index contributed by atoms with van der Waals surface area (Å²) in [6.07, 6.45) is 2.36. The molecule has 0 aliphatic rings. The highest BCUT2D eigenvalue weighted by Crippen LogP contribution is 2.16. The summed E-state index contributed by atoms with van der Waals surface area (Å²) in [6.45, 7) is 4.53. The molecule has 0 aliphatic carbocycles. The van der Waals surface area contributed by atoms with E-state index >= 15 is 0 Å². The lowest BCUT2D eigenvalue weighted by Gasteiger charge is -2.08. The van der Waals surface area contributed by atoms with Gasteiger partial charge in [-0.3, -0.25) is 0 Å². The number of aryl methyl sites for hydroxylation is 2. The van der Waals surface area contributed by atoms with E-state index in [9.17, 15) is 5.11 Å². The molecule has 1 unspecified atom stereocenters. The van der Waals surface area contributed by atoms with Crippen LogP contribution in [-0.2, 0) is 12.8 Å². The molecule has 2 rings (SSSR count). The van der Waals surface area contributed by atoms with Gasteiger partial charge in [0.15, 0.2) is 0 Å². The molecule has 0 bridgehead atoms. The lowest BCUT2D eigenvalue weighted by atomic mass is 10.1. The summed E-state index contributed by atoms with van der Waals surface area (Å²) < 4.78 is 5.74. The van der Waals surface area contributed by atoms with Crippen molar-refractivity contribution in [2.45, 2.75) is 39.2 Å². The van der Waals surface area contributed by atoms with E-state index in [0.717, 1.165) is 30.7 Å². The second kappa shape index (κ2) is 7.41. The predicted molar refractivity (Wildman–Crippen MR) is 82.5 cm³/mol. The molecule has 0 saturated carbocycles. The molecule has 20 heavy (non-hydrogen) atoms. The van der Waals surface area contributed by atoms with Gasteiger partial charge in [-0.05, 0) is 44.4 Å². The highest BCUT2D eigenvalue weighted by atomic mass is 32.1. The van der Waals surface area contributed by atoms with Gasteiger partial charge in [0.25, 0.3) is 0 Å². The summed E-state index contributed by atoms with van der Waals surface area (Å²) in [7, 11) is 0. The third-order valence-electron chi connectivity index (χ3n) is 3.22. The maximum atomic E-state index is 9.27. The normalized spacial score (nSPS) is 12.3. The van der Waals surface area contributed by atoms with Gasteiger partial charge >= 0.3 is 0 Å². The maximum absolute atomic E-state index is 9.27. The van der Waals surface area contributed by atoms with Crippen LogP contribution in [0.3, 0.4) is 0 Å². The number of nitrogens with zero attached hydrogens (tertiary/aromatic N) is 1. The third kappa shape index (κ3) is 4.62. The highest BCUT2D eigenvalue weighted by molar-refractivity contribution is 7.09. The molecule has 3 nitrogen and oxygen atoms in total. The number of rotatable bonds is 7. The van der Waals surface area contributed by atoms with Gasteiger partial charge in [-0.1, -0.05) is 12.1 Å². The van der Waals surface area contributed by atoms with E-state index < -0.39 is 0 Å². The Morgan fingerprint density at radius 2 is 2.00 bits per heavy atom. The molecule has 1 aromatic heterocycles. The molecule has 2 aromatic rings. The van der Waals surface area contributed by atoms with Crippen LogP contribution in [0.5, 0.6) is 5.75 Å². The second-order valence-corrected chi connectivity index (χ2v) is 5.93. The van der Waals surface area contributed by atoms with Crippen LogP contribution >= 0.6 is 11.3 Å².